The summed E-state index contributed by atoms with van der Waals surface area (Å²) in [5, 5.41) is 25.2. The number of thiazole rings is 1. The molecule has 3 aromatic carbocycles. The Labute approximate surface area is 223 Å². The zero-order chi connectivity index (χ0) is 25.9. The number of amides is 1. The summed E-state index contributed by atoms with van der Waals surface area (Å²) in [4.78, 5) is 17.4. The number of anilines is 1. The van der Waals surface area contributed by atoms with E-state index < -0.39 is 0 Å². The lowest BCUT2D eigenvalue weighted by Gasteiger charge is -2.14. The van der Waals surface area contributed by atoms with Gasteiger partial charge in [-0.3, -0.25) is 9.36 Å². The summed E-state index contributed by atoms with van der Waals surface area (Å²) in [5.74, 6) is 0.566. The topological polar surface area (TPSA) is 92.9 Å². The van der Waals surface area contributed by atoms with Gasteiger partial charge < -0.3 is 10.4 Å². The summed E-state index contributed by atoms with van der Waals surface area (Å²) < 4.78 is 1.89. The molecule has 9 heteroatoms. The lowest BCUT2D eigenvalue weighted by molar-refractivity contribution is -0.113. The van der Waals surface area contributed by atoms with Crippen molar-refractivity contribution in [3.05, 3.63) is 88.8 Å². The Hall–Kier alpha value is -3.95. The summed E-state index contributed by atoms with van der Waals surface area (Å²) in [7, 11) is 0. The molecule has 0 radical (unpaired) electrons. The minimum atomic E-state index is -0.186. The first-order valence-electron chi connectivity index (χ1n) is 11.7. The molecule has 0 atom stereocenters. The highest BCUT2D eigenvalue weighted by Gasteiger charge is 2.20. The van der Waals surface area contributed by atoms with Gasteiger partial charge in [0, 0.05) is 10.9 Å². The maximum Gasteiger partial charge on any atom is 0.236 e. The van der Waals surface area contributed by atoms with Crippen molar-refractivity contribution in [1.29, 1.82) is 0 Å². The number of carbonyl (C=O) groups excluding carboxylic acids is 1. The highest BCUT2D eigenvalue weighted by Crippen LogP contribution is 2.34. The Balaban J connectivity index is 1.37. The monoisotopic (exact) mass is 527 g/mol. The van der Waals surface area contributed by atoms with E-state index in [1.807, 2.05) is 73.2 Å². The molecule has 5 rings (SSSR count). The van der Waals surface area contributed by atoms with E-state index >= 15 is 0 Å². The van der Waals surface area contributed by atoms with Crippen LogP contribution >= 0.6 is 23.1 Å². The summed E-state index contributed by atoms with van der Waals surface area (Å²) in [5.41, 5.74) is 6.65. The number of para-hydroxylation sites is 1. The van der Waals surface area contributed by atoms with E-state index in [0.29, 0.717) is 21.7 Å². The third-order valence-corrected chi connectivity index (χ3v) is 7.49. The number of benzene rings is 3. The molecule has 7 nitrogen and oxygen atoms in total. The summed E-state index contributed by atoms with van der Waals surface area (Å²) in [6.45, 7) is 6.10. The molecule has 0 saturated carbocycles. The molecule has 0 spiro atoms. The minimum absolute atomic E-state index is 0.114. The van der Waals surface area contributed by atoms with Gasteiger partial charge in [-0.1, -0.05) is 71.4 Å². The molecule has 2 aromatic heterocycles. The molecule has 2 N–H and O–H groups in total. The van der Waals surface area contributed by atoms with E-state index in [4.69, 9.17) is 0 Å². The Morgan fingerprint density at radius 3 is 2.51 bits per heavy atom. The van der Waals surface area contributed by atoms with Crippen LogP contribution in [0.1, 0.15) is 16.7 Å². The van der Waals surface area contributed by atoms with Crippen molar-refractivity contribution in [2.45, 2.75) is 25.9 Å². The molecular formula is C28H25N5O2S2. The van der Waals surface area contributed by atoms with E-state index in [1.165, 1.54) is 28.7 Å². The first-order valence-corrected chi connectivity index (χ1v) is 13.5. The fourth-order valence-corrected chi connectivity index (χ4v) is 5.43. The van der Waals surface area contributed by atoms with Crippen LogP contribution in [0.2, 0.25) is 0 Å². The maximum atomic E-state index is 12.8. The first-order chi connectivity index (χ1) is 17.9. The molecule has 0 aliphatic carbocycles. The lowest BCUT2D eigenvalue weighted by Crippen LogP contribution is -2.14. The van der Waals surface area contributed by atoms with Crippen LogP contribution < -0.4 is 5.32 Å². The molecule has 0 saturated heterocycles. The molecule has 37 heavy (non-hydrogen) atoms. The second-order valence-corrected chi connectivity index (χ2v) is 10.5. The maximum absolute atomic E-state index is 12.8. The van der Waals surface area contributed by atoms with Crippen LogP contribution in [0.4, 0.5) is 5.13 Å². The molecule has 0 aliphatic heterocycles. The van der Waals surface area contributed by atoms with Gasteiger partial charge in [-0.2, -0.15) is 0 Å². The number of hydrogen-bond donors (Lipinski definition) is 2. The number of phenols is 1. The number of rotatable bonds is 7. The van der Waals surface area contributed by atoms with E-state index in [1.54, 1.807) is 18.2 Å². The molecule has 0 bridgehead atoms. The van der Waals surface area contributed by atoms with Crippen LogP contribution in [0, 0.1) is 20.8 Å². The van der Waals surface area contributed by atoms with Crippen molar-refractivity contribution >= 4 is 34.1 Å². The highest BCUT2D eigenvalue weighted by atomic mass is 32.2. The van der Waals surface area contributed by atoms with Gasteiger partial charge in [-0.15, -0.1) is 21.5 Å². The van der Waals surface area contributed by atoms with Crippen molar-refractivity contribution in [2.75, 3.05) is 11.1 Å². The fourth-order valence-electron chi connectivity index (χ4n) is 3.95. The van der Waals surface area contributed by atoms with Crippen molar-refractivity contribution in [1.82, 2.24) is 19.7 Å². The number of aromatic hydroxyl groups is 1. The number of thioether (sulfide) groups is 1. The second kappa shape index (κ2) is 10.6. The molecule has 0 fully saturated rings. The molecule has 0 unspecified atom stereocenters. The Morgan fingerprint density at radius 2 is 1.76 bits per heavy atom. The van der Waals surface area contributed by atoms with Crippen molar-refractivity contribution < 1.29 is 9.90 Å². The van der Waals surface area contributed by atoms with Crippen LogP contribution in [0.15, 0.2) is 77.3 Å². The predicted octanol–water partition coefficient (Wildman–Crippen LogP) is 6.42. The molecular weight excluding hydrogens is 502 g/mol. The van der Waals surface area contributed by atoms with E-state index in [9.17, 15) is 9.90 Å². The van der Waals surface area contributed by atoms with E-state index in [0.717, 1.165) is 28.1 Å². The van der Waals surface area contributed by atoms with Crippen molar-refractivity contribution in [2.24, 2.45) is 0 Å². The van der Waals surface area contributed by atoms with Crippen LogP contribution in [0.25, 0.3) is 28.3 Å². The highest BCUT2D eigenvalue weighted by molar-refractivity contribution is 7.99. The standard InChI is InChI=1S/C28H25N5O2S2/c1-17-8-11-20(12-9-17)22-15-36-27(29-22)30-25(35)16-37-28-32-31-26(21-6-4-5-7-24(21)34)33(28)23-13-10-18(2)14-19(23)3/h4-15,34H,16H2,1-3H3,(H,29,30,35). The minimum Gasteiger partial charge on any atom is -0.507 e. The number of nitrogens with zero attached hydrogens (tertiary/aromatic N) is 4. The van der Waals surface area contributed by atoms with Gasteiger partial charge in [0.05, 0.1) is 22.7 Å². The quantitative estimate of drug-likeness (QED) is 0.237. The van der Waals surface area contributed by atoms with Gasteiger partial charge in [-0.25, -0.2) is 4.98 Å². The number of aromatic nitrogens is 4. The van der Waals surface area contributed by atoms with Crippen LogP contribution in [0.3, 0.4) is 0 Å². The van der Waals surface area contributed by atoms with Crippen LogP contribution in [-0.4, -0.2) is 36.5 Å². The average Bonchev–Trinajstić information content (AvgIpc) is 3.51. The predicted molar refractivity (Wildman–Crippen MR) is 150 cm³/mol. The van der Waals surface area contributed by atoms with Gasteiger partial charge >= 0.3 is 0 Å². The van der Waals surface area contributed by atoms with Crippen LogP contribution in [0.5, 0.6) is 5.75 Å². The van der Waals surface area contributed by atoms with Gasteiger partial charge in [0.15, 0.2) is 16.1 Å². The van der Waals surface area contributed by atoms with Gasteiger partial charge in [-0.05, 0) is 44.5 Å². The van der Waals surface area contributed by atoms with E-state index in [2.05, 4.69) is 26.6 Å². The Bertz CT molecular complexity index is 1570. The van der Waals surface area contributed by atoms with Gasteiger partial charge in [0.25, 0.3) is 0 Å². The third-order valence-electron chi connectivity index (χ3n) is 5.80. The molecule has 0 aliphatic rings. The zero-order valence-electron chi connectivity index (χ0n) is 20.6. The van der Waals surface area contributed by atoms with Gasteiger partial charge in [0.1, 0.15) is 5.75 Å². The number of nitrogens with one attached hydrogen (secondary N) is 1. The number of carbonyl (C=O) groups is 1. The van der Waals surface area contributed by atoms with Crippen molar-refractivity contribution in [3.63, 3.8) is 0 Å². The van der Waals surface area contributed by atoms with E-state index in [-0.39, 0.29) is 17.4 Å². The summed E-state index contributed by atoms with van der Waals surface area (Å²) in [6.07, 6.45) is 0. The smallest absolute Gasteiger partial charge is 0.236 e. The largest absolute Gasteiger partial charge is 0.507 e. The number of phenolic OH excluding ortho intramolecular Hbond substituents is 1. The molecule has 1 amide bonds. The summed E-state index contributed by atoms with van der Waals surface area (Å²) >= 11 is 2.67. The Kier molecular flexibility index (Phi) is 7.07. The molecule has 186 valence electrons. The fraction of sp³-hybridized carbons (Fsp3) is 0.143. The number of aryl methyl sites for hydroxylation is 3. The normalized spacial score (nSPS) is 11.0. The molecule has 2 heterocycles. The molecule has 5 aromatic rings. The van der Waals surface area contributed by atoms with Gasteiger partial charge in [0.2, 0.25) is 5.91 Å². The summed E-state index contributed by atoms with van der Waals surface area (Å²) in [6, 6.07) is 21.3. The first kappa shape index (κ1) is 24.7. The zero-order valence-corrected chi connectivity index (χ0v) is 22.2. The average molecular weight is 528 g/mol. The number of hydrogen-bond acceptors (Lipinski definition) is 7. The third kappa shape index (κ3) is 5.42. The van der Waals surface area contributed by atoms with Crippen LogP contribution in [-0.2, 0) is 4.79 Å². The lowest BCUT2D eigenvalue weighted by atomic mass is 10.1. The Morgan fingerprint density at radius 1 is 1.00 bits per heavy atom. The van der Waals surface area contributed by atoms with Crippen molar-refractivity contribution in [3.8, 4) is 34.1 Å². The second-order valence-electron chi connectivity index (χ2n) is 8.69. The SMILES string of the molecule is Cc1ccc(-c2csc(NC(=O)CSc3nnc(-c4ccccc4O)n3-c3ccc(C)cc3C)n2)cc1.